The fourth-order valence-corrected chi connectivity index (χ4v) is 2.16. The Bertz CT molecular complexity index is 536. The SMILES string of the molecule is Cc1cc(NC(C)c2cccc(Br)c2)nc(N)n1. The number of aromatic nitrogens is 2. The molecule has 0 aliphatic heterocycles. The lowest BCUT2D eigenvalue weighted by Gasteiger charge is -2.15. The number of nitrogens with zero attached hydrogens (tertiary/aromatic N) is 2. The molecule has 5 heteroatoms. The summed E-state index contributed by atoms with van der Waals surface area (Å²) < 4.78 is 1.06. The molecule has 0 saturated heterocycles. The molecule has 1 heterocycles. The van der Waals surface area contributed by atoms with E-state index in [2.05, 4.69) is 50.3 Å². The molecule has 0 spiro atoms. The molecule has 0 saturated carbocycles. The fraction of sp³-hybridized carbons (Fsp3) is 0.231. The molecule has 0 aliphatic carbocycles. The second-order valence-corrected chi connectivity index (χ2v) is 5.09. The van der Waals surface area contributed by atoms with E-state index in [1.54, 1.807) is 0 Å². The van der Waals surface area contributed by atoms with Gasteiger partial charge in [-0.1, -0.05) is 28.1 Å². The van der Waals surface area contributed by atoms with Crippen LogP contribution in [0.3, 0.4) is 0 Å². The molecular formula is C13H15BrN4. The molecule has 0 aliphatic rings. The molecule has 18 heavy (non-hydrogen) atoms. The fourth-order valence-electron chi connectivity index (χ4n) is 1.75. The van der Waals surface area contributed by atoms with Crippen LogP contribution in [0.1, 0.15) is 24.2 Å². The van der Waals surface area contributed by atoms with Crippen LogP contribution < -0.4 is 11.1 Å². The predicted molar refractivity (Wildman–Crippen MR) is 77.4 cm³/mol. The third-order valence-electron chi connectivity index (χ3n) is 2.58. The van der Waals surface area contributed by atoms with Crippen LogP contribution in [0, 0.1) is 6.92 Å². The molecule has 1 aromatic carbocycles. The van der Waals surface area contributed by atoms with Crippen LogP contribution in [-0.2, 0) is 0 Å². The molecule has 1 unspecified atom stereocenters. The monoisotopic (exact) mass is 306 g/mol. The van der Waals surface area contributed by atoms with Crippen molar-refractivity contribution in [1.82, 2.24) is 9.97 Å². The van der Waals surface area contributed by atoms with E-state index in [-0.39, 0.29) is 6.04 Å². The first-order valence-electron chi connectivity index (χ1n) is 5.68. The number of aryl methyl sites for hydroxylation is 1. The second kappa shape index (κ2) is 5.35. The van der Waals surface area contributed by atoms with Gasteiger partial charge in [0.2, 0.25) is 5.95 Å². The van der Waals surface area contributed by atoms with Crippen LogP contribution in [0.5, 0.6) is 0 Å². The van der Waals surface area contributed by atoms with Crippen molar-refractivity contribution in [2.24, 2.45) is 0 Å². The maximum absolute atomic E-state index is 5.63. The summed E-state index contributed by atoms with van der Waals surface area (Å²) in [4.78, 5) is 8.21. The number of nitrogens with one attached hydrogen (secondary N) is 1. The van der Waals surface area contributed by atoms with Gasteiger partial charge in [0.25, 0.3) is 0 Å². The number of nitrogens with two attached hydrogens (primary N) is 1. The van der Waals surface area contributed by atoms with Crippen LogP contribution in [0.25, 0.3) is 0 Å². The second-order valence-electron chi connectivity index (χ2n) is 4.17. The average molecular weight is 307 g/mol. The number of anilines is 2. The van der Waals surface area contributed by atoms with E-state index >= 15 is 0 Å². The van der Waals surface area contributed by atoms with Crippen molar-refractivity contribution in [3.8, 4) is 0 Å². The van der Waals surface area contributed by atoms with E-state index in [0.717, 1.165) is 16.0 Å². The number of rotatable bonds is 3. The van der Waals surface area contributed by atoms with Crippen LogP contribution >= 0.6 is 15.9 Å². The lowest BCUT2D eigenvalue weighted by atomic mass is 10.1. The third kappa shape index (κ3) is 3.20. The highest BCUT2D eigenvalue weighted by Gasteiger charge is 2.07. The Morgan fingerprint density at radius 3 is 2.72 bits per heavy atom. The van der Waals surface area contributed by atoms with Crippen molar-refractivity contribution >= 4 is 27.7 Å². The Morgan fingerprint density at radius 2 is 2.06 bits per heavy atom. The molecule has 1 aromatic heterocycles. The number of halogens is 1. The number of hydrogen-bond acceptors (Lipinski definition) is 4. The van der Waals surface area contributed by atoms with Gasteiger partial charge in [0, 0.05) is 22.3 Å². The Kier molecular flexibility index (Phi) is 3.81. The summed E-state index contributed by atoms with van der Waals surface area (Å²) in [7, 11) is 0. The predicted octanol–water partition coefficient (Wildman–Crippen LogP) is 3.30. The highest BCUT2D eigenvalue weighted by Crippen LogP contribution is 2.21. The van der Waals surface area contributed by atoms with Gasteiger partial charge in [0.05, 0.1) is 0 Å². The van der Waals surface area contributed by atoms with E-state index in [0.29, 0.717) is 5.95 Å². The minimum absolute atomic E-state index is 0.149. The summed E-state index contributed by atoms with van der Waals surface area (Å²) in [5, 5.41) is 3.32. The van der Waals surface area contributed by atoms with Gasteiger partial charge in [0.1, 0.15) is 5.82 Å². The highest BCUT2D eigenvalue weighted by atomic mass is 79.9. The zero-order chi connectivity index (χ0) is 13.1. The highest BCUT2D eigenvalue weighted by molar-refractivity contribution is 9.10. The minimum Gasteiger partial charge on any atom is -0.368 e. The molecular weight excluding hydrogens is 292 g/mol. The zero-order valence-electron chi connectivity index (χ0n) is 10.3. The van der Waals surface area contributed by atoms with Gasteiger partial charge in [-0.2, -0.15) is 4.98 Å². The van der Waals surface area contributed by atoms with E-state index in [9.17, 15) is 0 Å². The average Bonchev–Trinajstić information content (AvgIpc) is 2.27. The number of hydrogen-bond donors (Lipinski definition) is 2. The van der Waals surface area contributed by atoms with Crippen molar-refractivity contribution in [2.75, 3.05) is 11.1 Å². The first-order valence-corrected chi connectivity index (χ1v) is 6.47. The van der Waals surface area contributed by atoms with Crippen LogP contribution in [0.4, 0.5) is 11.8 Å². The van der Waals surface area contributed by atoms with E-state index in [1.807, 2.05) is 25.1 Å². The molecule has 94 valence electrons. The number of nitrogen functional groups attached to an aromatic ring is 1. The molecule has 2 aromatic rings. The van der Waals surface area contributed by atoms with E-state index in [4.69, 9.17) is 5.73 Å². The molecule has 0 amide bonds. The van der Waals surface area contributed by atoms with Gasteiger partial charge in [-0.3, -0.25) is 0 Å². The Hall–Kier alpha value is -1.62. The van der Waals surface area contributed by atoms with Gasteiger partial charge >= 0.3 is 0 Å². The molecule has 0 fully saturated rings. The summed E-state index contributed by atoms with van der Waals surface area (Å²) in [5.74, 6) is 1.03. The minimum atomic E-state index is 0.149. The van der Waals surface area contributed by atoms with Crippen LogP contribution in [-0.4, -0.2) is 9.97 Å². The Labute approximate surface area is 115 Å². The lowest BCUT2D eigenvalue weighted by Crippen LogP contribution is -2.09. The summed E-state index contributed by atoms with van der Waals surface area (Å²) >= 11 is 3.47. The van der Waals surface area contributed by atoms with Gasteiger partial charge in [-0.25, -0.2) is 4.98 Å². The molecule has 0 radical (unpaired) electrons. The standard InChI is InChI=1S/C13H15BrN4/c1-8-6-12(18-13(15)16-8)17-9(2)10-4-3-5-11(14)7-10/h3-7,9H,1-2H3,(H3,15,16,17,18). The topological polar surface area (TPSA) is 63.8 Å². The maximum atomic E-state index is 5.63. The Balaban J connectivity index is 2.18. The summed E-state index contributed by atoms with van der Waals surface area (Å²) in [5.41, 5.74) is 7.66. The van der Waals surface area contributed by atoms with Gasteiger partial charge in [-0.15, -0.1) is 0 Å². The first-order chi connectivity index (χ1) is 8.54. The smallest absolute Gasteiger partial charge is 0.222 e. The summed E-state index contributed by atoms with van der Waals surface area (Å²) in [6, 6.07) is 10.2. The first kappa shape index (κ1) is 12.8. The zero-order valence-corrected chi connectivity index (χ0v) is 11.9. The van der Waals surface area contributed by atoms with Gasteiger partial charge in [0.15, 0.2) is 0 Å². The molecule has 4 nitrogen and oxygen atoms in total. The largest absolute Gasteiger partial charge is 0.368 e. The van der Waals surface area contributed by atoms with Crippen molar-refractivity contribution in [1.29, 1.82) is 0 Å². The van der Waals surface area contributed by atoms with Crippen molar-refractivity contribution in [2.45, 2.75) is 19.9 Å². The van der Waals surface area contributed by atoms with Crippen LogP contribution in [0.15, 0.2) is 34.8 Å². The van der Waals surface area contributed by atoms with Crippen molar-refractivity contribution < 1.29 is 0 Å². The van der Waals surface area contributed by atoms with Crippen molar-refractivity contribution in [3.63, 3.8) is 0 Å². The normalized spacial score (nSPS) is 12.2. The molecule has 2 rings (SSSR count). The quantitative estimate of drug-likeness (QED) is 0.913. The third-order valence-corrected chi connectivity index (χ3v) is 3.08. The van der Waals surface area contributed by atoms with E-state index in [1.165, 1.54) is 5.56 Å². The molecule has 3 N–H and O–H groups in total. The Morgan fingerprint density at radius 1 is 1.28 bits per heavy atom. The summed E-state index contributed by atoms with van der Waals surface area (Å²) in [6.07, 6.45) is 0. The summed E-state index contributed by atoms with van der Waals surface area (Å²) in [6.45, 7) is 3.97. The van der Waals surface area contributed by atoms with Gasteiger partial charge < -0.3 is 11.1 Å². The number of benzene rings is 1. The maximum Gasteiger partial charge on any atom is 0.222 e. The molecule has 1 atom stereocenters. The lowest BCUT2D eigenvalue weighted by molar-refractivity contribution is 0.870. The van der Waals surface area contributed by atoms with Crippen LogP contribution in [0.2, 0.25) is 0 Å². The molecule has 0 bridgehead atoms. The van der Waals surface area contributed by atoms with E-state index < -0.39 is 0 Å². The van der Waals surface area contributed by atoms with Gasteiger partial charge in [-0.05, 0) is 31.5 Å². The van der Waals surface area contributed by atoms with Crippen molar-refractivity contribution in [3.05, 3.63) is 46.1 Å².